The number of amides is 1. The van der Waals surface area contributed by atoms with E-state index in [1.54, 1.807) is 0 Å². The molecule has 1 amide bonds. The topological polar surface area (TPSA) is 79.9 Å². The van der Waals surface area contributed by atoms with Crippen molar-refractivity contribution in [3.05, 3.63) is 47.0 Å². The molecule has 3 rings (SSSR count). The zero-order chi connectivity index (χ0) is 16.2. The third-order valence-corrected chi connectivity index (χ3v) is 4.26. The van der Waals surface area contributed by atoms with Crippen LogP contribution in [-0.2, 0) is 16.0 Å². The minimum absolute atomic E-state index is 0.0463. The number of benzene rings is 1. The Morgan fingerprint density at radius 3 is 3.04 bits per heavy atom. The van der Waals surface area contributed by atoms with Gasteiger partial charge in [-0.1, -0.05) is 23.8 Å². The Bertz CT molecular complexity index is 669. The van der Waals surface area contributed by atoms with Gasteiger partial charge in [0.05, 0.1) is 6.04 Å². The molecule has 2 aromatic rings. The van der Waals surface area contributed by atoms with Crippen LogP contribution in [0.15, 0.2) is 24.5 Å². The summed E-state index contributed by atoms with van der Waals surface area (Å²) < 4.78 is 5.66. The van der Waals surface area contributed by atoms with Gasteiger partial charge in [-0.25, -0.2) is 4.98 Å². The molecule has 1 aliphatic rings. The number of carbonyl (C=O) groups excluding carboxylic acids is 1. The van der Waals surface area contributed by atoms with E-state index in [-0.39, 0.29) is 18.1 Å². The number of carbonyl (C=O) groups is 1. The van der Waals surface area contributed by atoms with Crippen LogP contribution in [-0.4, -0.2) is 33.7 Å². The van der Waals surface area contributed by atoms with Crippen molar-refractivity contribution in [3.8, 4) is 0 Å². The lowest BCUT2D eigenvalue weighted by Gasteiger charge is -2.18. The standard InChI is InChI=1S/C17H22N4O2/c1-11-3-4-13(12(2)9-11)5-6-15(22)20-14-7-8-23-16(14)17-18-10-19-21-17/h3-4,9-10,14,16H,5-8H2,1-2H3,(H,20,22)(H,18,19,21)/t14-,16+/m0/s1. The first kappa shape index (κ1) is 15.7. The van der Waals surface area contributed by atoms with Crippen molar-refractivity contribution in [1.82, 2.24) is 20.5 Å². The molecule has 6 nitrogen and oxygen atoms in total. The summed E-state index contributed by atoms with van der Waals surface area (Å²) in [5.74, 6) is 0.715. The van der Waals surface area contributed by atoms with Crippen LogP contribution in [0.4, 0.5) is 0 Å². The lowest BCUT2D eigenvalue weighted by Crippen LogP contribution is -2.37. The van der Waals surface area contributed by atoms with E-state index >= 15 is 0 Å². The Morgan fingerprint density at radius 2 is 2.30 bits per heavy atom. The van der Waals surface area contributed by atoms with Gasteiger partial charge in [0.15, 0.2) is 5.82 Å². The number of aryl methyl sites for hydroxylation is 3. The maximum absolute atomic E-state index is 12.3. The molecule has 0 saturated carbocycles. The van der Waals surface area contributed by atoms with E-state index in [4.69, 9.17) is 4.74 Å². The summed E-state index contributed by atoms with van der Waals surface area (Å²) in [6.07, 6.45) is 3.24. The van der Waals surface area contributed by atoms with Gasteiger partial charge in [-0.05, 0) is 37.8 Å². The van der Waals surface area contributed by atoms with E-state index in [0.29, 0.717) is 18.9 Å². The zero-order valence-electron chi connectivity index (χ0n) is 13.5. The Balaban J connectivity index is 1.55. The zero-order valence-corrected chi connectivity index (χ0v) is 13.5. The lowest BCUT2D eigenvalue weighted by atomic mass is 10.0. The number of H-pyrrole nitrogens is 1. The molecule has 122 valence electrons. The van der Waals surface area contributed by atoms with Crippen LogP contribution in [0.25, 0.3) is 0 Å². The molecule has 23 heavy (non-hydrogen) atoms. The molecular weight excluding hydrogens is 292 g/mol. The van der Waals surface area contributed by atoms with Gasteiger partial charge in [-0.2, -0.15) is 5.10 Å². The summed E-state index contributed by atoms with van der Waals surface area (Å²) in [5.41, 5.74) is 3.70. The highest BCUT2D eigenvalue weighted by atomic mass is 16.5. The van der Waals surface area contributed by atoms with Crippen molar-refractivity contribution in [2.24, 2.45) is 0 Å². The van der Waals surface area contributed by atoms with Crippen LogP contribution in [0.2, 0.25) is 0 Å². The minimum atomic E-state index is -0.234. The van der Waals surface area contributed by atoms with E-state index in [0.717, 1.165) is 12.8 Å². The fourth-order valence-corrected chi connectivity index (χ4v) is 3.01. The molecule has 0 radical (unpaired) electrons. The first-order chi connectivity index (χ1) is 11.1. The summed E-state index contributed by atoms with van der Waals surface area (Å²) in [7, 11) is 0. The van der Waals surface area contributed by atoms with E-state index in [1.165, 1.54) is 23.0 Å². The third kappa shape index (κ3) is 3.76. The van der Waals surface area contributed by atoms with Crippen molar-refractivity contribution in [3.63, 3.8) is 0 Å². The smallest absolute Gasteiger partial charge is 0.220 e. The number of nitrogens with zero attached hydrogens (tertiary/aromatic N) is 2. The van der Waals surface area contributed by atoms with Crippen molar-refractivity contribution < 1.29 is 9.53 Å². The van der Waals surface area contributed by atoms with E-state index in [2.05, 4.69) is 52.5 Å². The maximum Gasteiger partial charge on any atom is 0.220 e. The number of aromatic amines is 1. The lowest BCUT2D eigenvalue weighted by molar-refractivity contribution is -0.122. The van der Waals surface area contributed by atoms with Gasteiger partial charge in [-0.15, -0.1) is 0 Å². The molecule has 1 aromatic heterocycles. The van der Waals surface area contributed by atoms with Crippen LogP contribution in [0.1, 0.15) is 41.5 Å². The van der Waals surface area contributed by atoms with Crippen LogP contribution in [0.5, 0.6) is 0 Å². The third-order valence-electron chi connectivity index (χ3n) is 4.26. The van der Waals surface area contributed by atoms with Crippen LogP contribution in [0.3, 0.4) is 0 Å². The minimum Gasteiger partial charge on any atom is -0.368 e. The Kier molecular flexibility index (Phi) is 4.71. The summed E-state index contributed by atoms with van der Waals surface area (Å²) >= 11 is 0. The molecular formula is C17H22N4O2. The fourth-order valence-electron chi connectivity index (χ4n) is 3.01. The second kappa shape index (κ2) is 6.91. The number of ether oxygens (including phenoxy) is 1. The Labute approximate surface area is 135 Å². The first-order valence-electron chi connectivity index (χ1n) is 7.96. The molecule has 0 spiro atoms. The molecule has 1 aromatic carbocycles. The Morgan fingerprint density at radius 1 is 1.43 bits per heavy atom. The van der Waals surface area contributed by atoms with Crippen LogP contribution < -0.4 is 5.32 Å². The monoisotopic (exact) mass is 314 g/mol. The van der Waals surface area contributed by atoms with Gasteiger partial charge in [0.2, 0.25) is 5.91 Å². The molecule has 2 N–H and O–H groups in total. The summed E-state index contributed by atoms with van der Waals surface area (Å²) in [6.45, 7) is 4.78. The van der Waals surface area contributed by atoms with Gasteiger partial charge in [0, 0.05) is 13.0 Å². The summed E-state index contributed by atoms with van der Waals surface area (Å²) in [5, 5.41) is 9.73. The quantitative estimate of drug-likeness (QED) is 0.884. The number of hydrogen-bond acceptors (Lipinski definition) is 4. The maximum atomic E-state index is 12.3. The molecule has 6 heteroatoms. The Hall–Kier alpha value is -2.21. The van der Waals surface area contributed by atoms with Crippen molar-refractivity contribution in [2.45, 2.75) is 45.3 Å². The van der Waals surface area contributed by atoms with Crippen LogP contribution >= 0.6 is 0 Å². The van der Waals surface area contributed by atoms with E-state index in [9.17, 15) is 4.79 Å². The number of rotatable bonds is 5. The number of aromatic nitrogens is 3. The normalized spacial score (nSPS) is 20.6. The average Bonchev–Trinajstić information content (AvgIpc) is 3.17. The van der Waals surface area contributed by atoms with Crippen LogP contribution in [0, 0.1) is 13.8 Å². The second-order valence-corrected chi connectivity index (χ2v) is 6.05. The average molecular weight is 314 g/mol. The summed E-state index contributed by atoms with van der Waals surface area (Å²) in [6, 6.07) is 6.30. The molecule has 1 saturated heterocycles. The molecule has 2 atom stereocenters. The van der Waals surface area contributed by atoms with Gasteiger partial charge in [0.1, 0.15) is 12.4 Å². The predicted molar refractivity (Wildman–Crippen MR) is 85.9 cm³/mol. The van der Waals surface area contributed by atoms with Crippen molar-refractivity contribution >= 4 is 5.91 Å². The highest BCUT2D eigenvalue weighted by Gasteiger charge is 2.32. The van der Waals surface area contributed by atoms with Gasteiger partial charge in [0.25, 0.3) is 0 Å². The largest absolute Gasteiger partial charge is 0.368 e. The van der Waals surface area contributed by atoms with Gasteiger partial charge < -0.3 is 10.1 Å². The second-order valence-electron chi connectivity index (χ2n) is 6.05. The highest BCUT2D eigenvalue weighted by Crippen LogP contribution is 2.26. The van der Waals surface area contributed by atoms with Gasteiger partial charge in [-0.3, -0.25) is 9.89 Å². The van der Waals surface area contributed by atoms with E-state index < -0.39 is 0 Å². The number of hydrogen-bond donors (Lipinski definition) is 2. The fraction of sp³-hybridized carbons (Fsp3) is 0.471. The molecule has 0 unspecified atom stereocenters. The highest BCUT2D eigenvalue weighted by molar-refractivity contribution is 5.76. The summed E-state index contributed by atoms with van der Waals surface area (Å²) in [4.78, 5) is 16.4. The SMILES string of the molecule is Cc1ccc(CCC(=O)N[C@H]2CCO[C@H]2c2ncn[nH]2)c(C)c1. The molecule has 1 fully saturated rings. The molecule has 0 aliphatic carbocycles. The van der Waals surface area contributed by atoms with Crippen molar-refractivity contribution in [2.75, 3.05) is 6.61 Å². The van der Waals surface area contributed by atoms with Crippen molar-refractivity contribution in [1.29, 1.82) is 0 Å². The predicted octanol–water partition coefficient (Wildman–Crippen LogP) is 2.00. The van der Waals surface area contributed by atoms with Gasteiger partial charge >= 0.3 is 0 Å². The molecule has 1 aliphatic heterocycles. The first-order valence-corrected chi connectivity index (χ1v) is 7.96. The van der Waals surface area contributed by atoms with E-state index in [1.807, 2.05) is 0 Å². The molecule has 0 bridgehead atoms. The molecule has 2 heterocycles. The number of nitrogens with one attached hydrogen (secondary N) is 2.